The number of amides is 1. The van der Waals surface area contributed by atoms with Crippen molar-refractivity contribution in [3.05, 3.63) is 65.5 Å². The summed E-state index contributed by atoms with van der Waals surface area (Å²) in [6.07, 6.45) is 4.08. The normalized spacial score (nSPS) is 14.5. The van der Waals surface area contributed by atoms with E-state index in [4.69, 9.17) is 9.72 Å². The Hall–Kier alpha value is -3.75. The number of aromatic nitrogens is 3. The van der Waals surface area contributed by atoms with E-state index in [0.29, 0.717) is 11.2 Å². The van der Waals surface area contributed by atoms with Crippen LogP contribution in [0.4, 0.5) is 0 Å². The van der Waals surface area contributed by atoms with E-state index in [0.717, 1.165) is 53.2 Å². The molecule has 0 fully saturated rings. The zero-order valence-electron chi connectivity index (χ0n) is 21.1. The lowest BCUT2D eigenvalue weighted by atomic mass is 9.95. The maximum absolute atomic E-state index is 12.6. The number of nitrogens with one attached hydrogen (secondary N) is 1. The van der Waals surface area contributed by atoms with Crippen LogP contribution in [0.1, 0.15) is 28.4 Å². The van der Waals surface area contributed by atoms with Gasteiger partial charge in [-0.2, -0.15) is 0 Å². The van der Waals surface area contributed by atoms with Gasteiger partial charge < -0.3 is 24.6 Å². The van der Waals surface area contributed by atoms with Gasteiger partial charge in [0.25, 0.3) is 5.91 Å². The Morgan fingerprint density at radius 3 is 2.75 bits per heavy atom. The summed E-state index contributed by atoms with van der Waals surface area (Å²) in [6, 6.07) is 11.7. The van der Waals surface area contributed by atoms with Gasteiger partial charge in [0.15, 0.2) is 5.65 Å². The molecule has 2 aromatic carbocycles. The summed E-state index contributed by atoms with van der Waals surface area (Å²) < 4.78 is 5.73. The monoisotopic (exact) mass is 485 g/mol. The van der Waals surface area contributed by atoms with E-state index in [1.807, 2.05) is 24.4 Å². The third kappa shape index (κ3) is 4.57. The molecule has 1 atom stereocenters. The van der Waals surface area contributed by atoms with E-state index in [-0.39, 0.29) is 12.5 Å². The second-order valence-corrected chi connectivity index (χ2v) is 9.57. The molecule has 8 nitrogen and oxygen atoms in total. The number of H-pyrrole nitrogens is 1. The number of fused-ring (bicyclic) bond motifs is 2. The molecule has 5 rings (SSSR count). The van der Waals surface area contributed by atoms with Gasteiger partial charge in [-0.25, -0.2) is 9.97 Å². The first-order valence-corrected chi connectivity index (χ1v) is 12.1. The molecule has 1 aliphatic heterocycles. The number of methoxy groups -OCH3 is 1. The van der Waals surface area contributed by atoms with Crippen LogP contribution < -0.4 is 4.74 Å². The highest BCUT2D eigenvalue weighted by Crippen LogP contribution is 2.34. The third-order valence-corrected chi connectivity index (χ3v) is 6.72. The molecule has 3 heterocycles. The van der Waals surface area contributed by atoms with Gasteiger partial charge in [-0.3, -0.25) is 4.79 Å². The van der Waals surface area contributed by atoms with Gasteiger partial charge in [0.05, 0.1) is 25.1 Å². The second kappa shape index (κ2) is 9.72. The number of benzene rings is 2. The van der Waals surface area contributed by atoms with Crippen LogP contribution in [0, 0.1) is 0 Å². The largest absolute Gasteiger partial charge is 0.496 e. The van der Waals surface area contributed by atoms with Crippen molar-refractivity contribution < 1.29 is 14.6 Å². The zero-order chi connectivity index (χ0) is 25.4. The Balaban J connectivity index is 1.48. The molecule has 0 radical (unpaired) electrons. The van der Waals surface area contributed by atoms with Gasteiger partial charge in [0.2, 0.25) is 0 Å². The molecule has 4 aromatic rings. The number of likely N-dealkylation sites (N-methyl/N-ethyl adjacent to an activating group) is 2. The first kappa shape index (κ1) is 24.0. The molecule has 2 N–H and O–H groups in total. The minimum absolute atomic E-state index is 0.129. The average molecular weight is 486 g/mol. The fourth-order valence-electron chi connectivity index (χ4n) is 4.84. The zero-order valence-corrected chi connectivity index (χ0v) is 21.1. The van der Waals surface area contributed by atoms with E-state index >= 15 is 0 Å². The number of ether oxygens (including phenoxy) is 1. The summed E-state index contributed by atoms with van der Waals surface area (Å²) in [5.74, 6) is 0.752. The predicted molar refractivity (Wildman–Crippen MR) is 140 cm³/mol. The van der Waals surface area contributed by atoms with E-state index in [9.17, 15) is 9.90 Å². The number of hydrogen-bond acceptors (Lipinski definition) is 6. The number of nitrogens with zero attached hydrogens (tertiary/aromatic N) is 4. The fraction of sp³-hybridized carbons (Fsp3) is 0.321. The molecule has 2 aromatic heterocycles. The molecule has 0 spiro atoms. The number of aromatic amines is 1. The molecule has 36 heavy (non-hydrogen) atoms. The lowest BCUT2D eigenvalue weighted by molar-refractivity contribution is 0.0703. The van der Waals surface area contributed by atoms with Gasteiger partial charge in [-0.15, -0.1) is 0 Å². The van der Waals surface area contributed by atoms with Gasteiger partial charge >= 0.3 is 0 Å². The van der Waals surface area contributed by atoms with Crippen LogP contribution in [0.2, 0.25) is 0 Å². The number of carbonyl (C=O) groups is 1. The maximum Gasteiger partial charge on any atom is 0.253 e. The lowest BCUT2D eigenvalue weighted by Gasteiger charge is -2.27. The van der Waals surface area contributed by atoms with Gasteiger partial charge in [0, 0.05) is 55.1 Å². The summed E-state index contributed by atoms with van der Waals surface area (Å²) in [4.78, 5) is 29.3. The highest BCUT2D eigenvalue weighted by atomic mass is 16.5. The molecule has 1 unspecified atom stereocenters. The van der Waals surface area contributed by atoms with Crippen molar-refractivity contribution in [3.8, 4) is 28.1 Å². The van der Waals surface area contributed by atoms with Crippen LogP contribution in [0.3, 0.4) is 0 Å². The van der Waals surface area contributed by atoms with Crippen molar-refractivity contribution in [1.29, 1.82) is 0 Å². The summed E-state index contributed by atoms with van der Waals surface area (Å²) in [7, 11) is 5.52. The van der Waals surface area contributed by atoms with Crippen LogP contribution in [-0.2, 0) is 13.0 Å². The average Bonchev–Trinajstić information content (AvgIpc) is 3.30. The van der Waals surface area contributed by atoms with Gasteiger partial charge in [0.1, 0.15) is 11.3 Å². The van der Waals surface area contributed by atoms with Crippen molar-refractivity contribution in [2.24, 2.45) is 0 Å². The Morgan fingerprint density at radius 2 is 2.03 bits per heavy atom. The van der Waals surface area contributed by atoms with Crippen molar-refractivity contribution in [3.63, 3.8) is 0 Å². The first-order chi connectivity index (χ1) is 17.3. The molecular formula is C28H31N5O3. The summed E-state index contributed by atoms with van der Waals surface area (Å²) in [5, 5.41) is 9.57. The predicted octanol–water partition coefficient (Wildman–Crippen LogP) is 3.74. The smallest absolute Gasteiger partial charge is 0.253 e. The number of rotatable bonds is 6. The molecule has 0 bridgehead atoms. The van der Waals surface area contributed by atoms with Gasteiger partial charge in [-0.1, -0.05) is 12.1 Å². The molecule has 8 heteroatoms. The Kier molecular flexibility index (Phi) is 6.47. The highest BCUT2D eigenvalue weighted by molar-refractivity contribution is 5.96. The van der Waals surface area contributed by atoms with Crippen LogP contribution >= 0.6 is 0 Å². The Bertz CT molecular complexity index is 1390. The number of carbonyl (C=O) groups excluding carboxylic acids is 1. The standard InChI is InChI=1S/C28H31N5O3/c1-17(34)15-33(3)28(35)19-7-5-18(6-8-19)22-13-29-27-26(22)31-24(14-30-27)21-11-20-9-10-32(2)16-23(20)25(12-21)36-4/h5-8,11-14,17,34H,9-10,15-16H2,1-4H3,(H,29,30). The molecule has 1 amide bonds. The van der Waals surface area contributed by atoms with Crippen LogP contribution in [0.25, 0.3) is 33.5 Å². The van der Waals surface area contributed by atoms with Crippen LogP contribution in [0.5, 0.6) is 5.75 Å². The molecule has 0 saturated carbocycles. The highest BCUT2D eigenvalue weighted by Gasteiger charge is 2.20. The van der Waals surface area contributed by atoms with E-state index < -0.39 is 6.10 Å². The number of aliphatic hydroxyl groups excluding tert-OH is 1. The van der Waals surface area contributed by atoms with Crippen molar-refractivity contribution in [2.75, 3.05) is 34.3 Å². The quantitative estimate of drug-likeness (QED) is 0.432. The number of aliphatic hydroxyl groups is 1. The van der Waals surface area contributed by atoms with Crippen molar-refractivity contribution in [1.82, 2.24) is 24.8 Å². The SMILES string of the molecule is COc1cc(-c2cnc3[nH]cc(-c4ccc(C(=O)N(C)CC(C)O)cc4)c3n2)cc2c1CN(C)CC2. The van der Waals surface area contributed by atoms with Crippen molar-refractivity contribution >= 4 is 17.1 Å². The molecular weight excluding hydrogens is 454 g/mol. The number of hydrogen-bond donors (Lipinski definition) is 2. The van der Waals surface area contributed by atoms with E-state index in [1.165, 1.54) is 16.0 Å². The molecule has 186 valence electrons. The topological polar surface area (TPSA) is 94.6 Å². The van der Waals surface area contributed by atoms with Crippen molar-refractivity contribution in [2.45, 2.75) is 26.0 Å². The van der Waals surface area contributed by atoms with E-state index in [1.54, 1.807) is 39.4 Å². The van der Waals surface area contributed by atoms with Crippen LogP contribution in [0.15, 0.2) is 48.8 Å². The lowest BCUT2D eigenvalue weighted by Crippen LogP contribution is -2.32. The summed E-state index contributed by atoms with van der Waals surface area (Å²) in [5.41, 5.74) is 8.20. The molecule has 0 aliphatic carbocycles. The first-order valence-electron chi connectivity index (χ1n) is 12.1. The molecule has 0 saturated heterocycles. The minimum atomic E-state index is -0.575. The Labute approximate surface area is 210 Å². The van der Waals surface area contributed by atoms with Crippen LogP contribution in [-0.4, -0.2) is 76.2 Å². The third-order valence-electron chi connectivity index (χ3n) is 6.72. The fourth-order valence-corrected chi connectivity index (χ4v) is 4.84. The molecule has 1 aliphatic rings. The Morgan fingerprint density at radius 1 is 1.25 bits per heavy atom. The van der Waals surface area contributed by atoms with E-state index in [2.05, 4.69) is 28.0 Å². The summed E-state index contributed by atoms with van der Waals surface area (Å²) >= 11 is 0. The minimum Gasteiger partial charge on any atom is -0.496 e. The maximum atomic E-state index is 12.6. The summed E-state index contributed by atoms with van der Waals surface area (Å²) in [6.45, 7) is 3.84. The second-order valence-electron chi connectivity index (χ2n) is 9.57. The van der Waals surface area contributed by atoms with Gasteiger partial charge in [-0.05, 0) is 55.8 Å².